The molecule has 0 radical (unpaired) electrons. The summed E-state index contributed by atoms with van der Waals surface area (Å²) in [6.45, 7) is 2.21. The smallest absolute Gasteiger partial charge is 0.280 e. The van der Waals surface area contributed by atoms with E-state index in [4.69, 9.17) is 4.84 Å². The lowest BCUT2D eigenvalue weighted by Gasteiger charge is -2.14. The normalized spacial score (nSPS) is 17.4. The lowest BCUT2D eigenvalue weighted by molar-refractivity contribution is -0.385. The topological polar surface area (TPSA) is 107 Å². The molecule has 0 saturated carbocycles. The highest BCUT2D eigenvalue weighted by molar-refractivity contribution is 6.19. The minimum atomic E-state index is -1.27. The van der Waals surface area contributed by atoms with Crippen LogP contribution in [-0.2, 0) is 14.4 Å². The number of nitro benzene ring substituents is 1. The van der Waals surface area contributed by atoms with Crippen LogP contribution < -0.4 is 0 Å². The molecule has 1 aromatic rings. The van der Waals surface area contributed by atoms with Crippen molar-refractivity contribution in [1.29, 1.82) is 0 Å². The standard InChI is InChI=1S/C16H18N2O6/c1-2-3-6-9-24-17-14(19)10-12(16(17)21)15(20)11-7-4-5-8-13(11)18(22)23/h4-5,7-8,12H,2-3,6,9-10H2,1H3. The van der Waals surface area contributed by atoms with E-state index in [0.29, 0.717) is 11.5 Å². The predicted molar refractivity (Wildman–Crippen MR) is 82.9 cm³/mol. The van der Waals surface area contributed by atoms with Gasteiger partial charge < -0.3 is 0 Å². The van der Waals surface area contributed by atoms with Crippen LogP contribution in [0.4, 0.5) is 5.69 Å². The third kappa shape index (κ3) is 3.65. The molecule has 1 heterocycles. The number of Topliss-reactive ketones (excluding diaryl/α,β-unsaturated/α-hetero) is 1. The molecule has 1 unspecified atom stereocenters. The first-order chi connectivity index (χ1) is 11.5. The van der Waals surface area contributed by atoms with Crippen LogP contribution in [0.1, 0.15) is 43.0 Å². The van der Waals surface area contributed by atoms with Crippen molar-refractivity contribution in [2.45, 2.75) is 32.6 Å². The largest absolute Gasteiger partial charge is 0.293 e. The summed E-state index contributed by atoms with van der Waals surface area (Å²) in [7, 11) is 0. The summed E-state index contributed by atoms with van der Waals surface area (Å²) in [5, 5.41) is 11.6. The molecule has 8 nitrogen and oxygen atoms in total. The zero-order valence-corrected chi connectivity index (χ0v) is 13.3. The summed E-state index contributed by atoms with van der Waals surface area (Å²) in [5.41, 5.74) is -0.563. The molecule has 0 bridgehead atoms. The predicted octanol–water partition coefficient (Wildman–Crippen LogP) is 2.27. The quantitative estimate of drug-likeness (QED) is 0.180. The van der Waals surface area contributed by atoms with Crippen LogP contribution in [0.5, 0.6) is 0 Å². The number of hydrogen-bond donors (Lipinski definition) is 0. The molecule has 0 aromatic heterocycles. The highest BCUT2D eigenvalue weighted by Crippen LogP contribution is 2.28. The fourth-order valence-corrected chi connectivity index (χ4v) is 2.49. The summed E-state index contributed by atoms with van der Waals surface area (Å²) in [6, 6.07) is 5.37. The fourth-order valence-electron chi connectivity index (χ4n) is 2.49. The van der Waals surface area contributed by atoms with Crippen LogP contribution in [0.3, 0.4) is 0 Å². The Labute approximate surface area is 138 Å². The molecule has 0 N–H and O–H groups in total. The van der Waals surface area contributed by atoms with Gasteiger partial charge >= 0.3 is 0 Å². The van der Waals surface area contributed by atoms with Crippen molar-refractivity contribution in [2.24, 2.45) is 5.92 Å². The van der Waals surface area contributed by atoms with Crippen molar-refractivity contribution in [3.63, 3.8) is 0 Å². The van der Waals surface area contributed by atoms with Crippen LogP contribution in [0.25, 0.3) is 0 Å². The number of nitro groups is 1. The number of nitrogens with zero attached hydrogens (tertiary/aromatic N) is 2. The van der Waals surface area contributed by atoms with Gasteiger partial charge in [0.25, 0.3) is 17.5 Å². The van der Waals surface area contributed by atoms with Gasteiger partial charge in [0.05, 0.1) is 17.1 Å². The maximum atomic E-state index is 12.5. The summed E-state index contributed by atoms with van der Waals surface area (Å²) >= 11 is 0. The van der Waals surface area contributed by atoms with Gasteiger partial charge in [0, 0.05) is 12.5 Å². The minimum Gasteiger partial charge on any atom is -0.293 e. The number of hydroxylamine groups is 2. The van der Waals surface area contributed by atoms with Crippen LogP contribution in [0, 0.1) is 16.0 Å². The first-order valence-electron chi connectivity index (χ1n) is 7.74. The number of amides is 2. The number of ketones is 1. The molecule has 0 spiro atoms. The van der Waals surface area contributed by atoms with E-state index < -0.39 is 28.4 Å². The Kier molecular flexibility index (Phi) is 5.75. The second-order valence-electron chi connectivity index (χ2n) is 5.46. The Bertz CT molecular complexity index is 672. The molecule has 0 aliphatic carbocycles. The van der Waals surface area contributed by atoms with Gasteiger partial charge in [-0.2, -0.15) is 5.06 Å². The third-order valence-corrected chi connectivity index (χ3v) is 3.75. The van der Waals surface area contributed by atoms with Crippen LogP contribution >= 0.6 is 0 Å². The molecular formula is C16H18N2O6. The number of carbonyl (C=O) groups excluding carboxylic acids is 3. The van der Waals surface area contributed by atoms with Crippen LogP contribution in [0.2, 0.25) is 0 Å². The Morgan fingerprint density at radius 1 is 1.33 bits per heavy atom. The third-order valence-electron chi connectivity index (χ3n) is 3.75. The number of imide groups is 1. The molecule has 1 aliphatic rings. The van der Waals surface area contributed by atoms with E-state index in [1.165, 1.54) is 24.3 Å². The minimum absolute atomic E-state index is 0.179. The van der Waals surface area contributed by atoms with Crippen molar-refractivity contribution in [3.05, 3.63) is 39.9 Å². The number of hydrogen-bond acceptors (Lipinski definition) is 6. The van der Waals surface area contributed by atoms with Crippen molar-refractivity contribution in [3.8, 4) is 0 Å². The van der Waals surface area contributed by atoms with E-state index in [-0.39, 0.29) is 24.3 Å². The molecule has 1 saturated heterocycles. The fraction of sp³-hybridized carbons (Fsp3) is 0.438. The summed E-state index contributed by atoms with van der Waals surface area (Å²) in [4.78, 5) is 52.2. The number of unbranched alkanes of at least 4 members (excludes halogenated alkanes) is 2. The SMILES string of the molecule is CCCCCON1C(=O)CC(C(=O)c2ccccc2[N+](=O)[O-])C1=O. The Morgan fingerprint density at radius 2 is 2.04 bits per heavy atom. The number of benzene rings is 1. The monoisotopic (exact) mass is 334 g/mol. The van der Waals surface area contributed by atoms with Gasteiger partial charge in [0.2, 0.25) is 0 Å². The Hall–Kier alpha value is -2.61. The summed E-state index contributed by atoms with van der Waals surface area (Å²) < 4.78 is 0. The molecular weight excluding hydrogens is 316 g/mol. The molecule has 2 rings (SSSR count). The molecule has 24 heavy (non-hydrogen) atoms. The van der Waals surface area contributed by atoms with Crippen molar-refractivity contribution >= 4 is 23.3 Å². The molecule has 1 atom stereocenters. The van der Waals surface area contributed by atoms with Gasteiger partial charge in [-0.25, -0.2) is 0 Å². The molecule has 128 valence electrons. The molecule has 1 fully saturated rings. The maximum absolute atomic E-state index is 12.5. The van der Waals surface area contributed by atoms with E-state index in [9.17, 15) is 24.5 Å². The first-order valence-corrected chi connectivity index (χ1v) is 7.74. The Morgan fingerprint density at radius 3 is 2.71 bits per heavy atom. The second kappa shape index (κ2) is 7.78. The maximum Gasteiger partial charge on any atom is 0.280 e. The van der Waals surface area contributed by atoms with Gasteiger partial charge in [0.15, 0.2) is 5.78 Å². The van der Waals surface area contributed by atoms with Gasteiger partial charge in [-0.1, -0.05) is 31.9 Å². The highest BCUT2D eigenvalue weighted by Gasteiger charge is 2.45. The second-order valence-corrected chi connectivity index (χ2v) is 5.46. The number of carbonyl (C=O) groups is 3. The van der Waals surface area contributed by atoms with E-state index in [2.05, 4.69) is 0 Å². The lowest BCUT2D eigenvalue weighted by atomic mass is 9.95. The molecule has 2 amide bonds. The average molecular weight is 334 g/mol. The molecule has 1 aromatic carbocycles. The van der Waals surface area contributed by atoms with Crippen molar-refractivity contribution < 1.29 is 24.1 Å². The lowest BCUT2D eigenvalue weighted by Crippen LogP contribution is -2.33. The van der Waals surface area contributed by atoms with Crippen LogP contribution in [-0.4, -0.2) is 34.2 Å². The van der Waals surface area contributed by atoms with E-state index in [1.807, 2.05) is 6.92 Å². The Balaban J connectivity index is 2.13. The first kappa shape index (κ1) is 17.7. The van der Waals surface area contributed by atoms with E-state index >= 15 is 0 Å². The highest BCUT2D eigenvalue weighted by atomic mass is 16.7. The summed E-state index contributed by atoms with van der Waals surface area (Å²) in [6.07, 6.45) is 2.21. The van der Waals surface area contributed by atoms with Gasteiger partial charge in [-0.15, -0.1) is 0 Å². The van der Waals surface area contributed by atoms with Crippen molar-refractivity contribution in [2.75, 3.05) is 6.61 Å². The van der Waals surface area contributed by atoms with Gasteiger partial charge in [-0.05, 0) is 12.5 Å². The number of rotatable bonds is 8. The van der Waals surface area contributed by atoms with Gasteiger partial charge in [-0.3, -0.25) is 29.3 Å². The zero-order chi connectivity index (χ0) is 17.7. The zero-order valence-electron chi connectivity index (χ0n) is 13.3. The number of para-hydroxylation sites is 1. The molecule has 8 heteroatoms. The van der Waals surface area contributed by atoms with Gasteiger partial charge in [0.1, 0.15) is 5.92 Å². The van der Waals surface area contributed by atoms with E-state index in [0.717, 1.165) is 12.8 Å². The van der Waals surface area contributed by atoms with Crippen molar-refractivity contribution in [1.82, 2.24) is 5.06 Å². The van der Waals surface area contributed by atoms with Crippen LogP contribution in [0.15, 0.2) is 24.3 Å². The molecule has 1 aliphatic heterocycles. The average Bonchev–Trinajstić information content (AvgIpc) is 2.85. The summed E-state index contributed by atoms with van der Waals surface area (Å²) in [5.74, 6) is -3.38. The van der Waals surface area contributed by atoms with E-state index in [1.54, 1.807) is 0 Å².